The van der Waals surface area contributed by atoms with E-state index in [1.54, 1.807) is 0 Å². The van der Waals surface area contributed by atoms with Crippen LogP contribution >= 0.6 is 0 Å². The van der Waals surface area contributed by atoms with Gasteiger partial charge in [-0.15, -0.1) is 0 Å². The van der Waals surface area contributed by atoms with Crippen molar-refractivity contribution >= 4 is 0 Å². The lowest BCUT2D eigenvalue weighted by Gasteiger charge is -2.26. The second-order valence-corrected chi connectivity index (χ2v) is 5.61. The van der Waals surface area contributed by atoms with Crippen molar-refractivity contribution in [2.24, 2.45) is 5.92 Å². The Balaban J connectivity index is 1.66. The Labute approximate surface area is 110 Å². The van der Waals surface area contributed by atoms with E-state index in [0.717, 1.165) is 18.9 Å². The van der Waals surface area contributed by atoms with Crippen LogP contribution in [0.1, 0.15) is 44.2 Å². The summed E-state index contributed by atoms with van der Waals surface area (Å²) in [4.78, 5) is 0. The molecule has 3 rings (SSSR count). The highest BCUT2D eigenvalue weighted by molar-refractivity contribution is 5.19. The molecule has 2 aliphatic rings. The number of benzene rings is 1. The normalized spacial score (nSPS) is 29.4. The summed E-state index contributed by atoms with van der Waals surface area (Å²) in [6.45, 7) is 3.19. The van der Waals surface area contributed by atoms with Crippen molar-refractivity contribution in [1.82, 2.24) is 5.32 Å². The van der Waals surface area contributed by atoms with Gasteiger partial charge in [-0.25, -0.2) is 0 Å². The van der Waals surface area contributed by atoms with Gasteiger partial charge in [-0.05, 0) is 37.2 Å². The Hall–Kier alpha value is -0.860. The summed E-state index contributed by atoms with van der Waals surface area (Å²) in [7, 11) is 0. The minimum Gasteiger partial charge on any atom is -0.376 e. The van der Waals surface area contributed by atoms with Gasteiger partial charge in [0.2, 0.25) is 0 Å². The van der Waals surface area contributed by atoms with Gasteiger partial charge in [0.05, 0.1) is 6.10 Å². The molecule has 0 amide bonds. The maximum absolute atomic E-state index is 5.91. The van der Waals surface area contributed by atoms with Gasteiger partial charge in [0, 0.05) is 18.7 Å². The van der Waals surface area contributed by atoms with Crippen LogP contribution in [0, 0.1) is 5.92 Å². The summed E-state index contributed by atoms with van der Waals surface area (Å²) >= 11 is 0. The van der Waals surface area contributed by atoms with Crippen LogP contribution in [0.2, 0.25) is 0 Å². The van der Waals surface area contributed by atoms with Crippen LogP contribution in [0.3, 0.4) is 0 Å². The third-order valence-corrected chi connectivity index (χ3v) is 4.25. The largest absolute Gasteiger partial charge is 0.376 e. The Morgan fingerprint density at radius 1 is 1.22 bits per heavy atom. The molecule has 3 atom stereocenters. The molecule has 98 valence electrons. The van der Waals surface area contributed by atoms with Gasteiger partial charge in [0.15, 0.2) is 0 Å². The topological polar surface area (TPSA) is 21.3 Å². The SMILES string of the molecule is CCC(NC1CCOC1C1CC1)c1ccccc1. The maximum Gasteiger partial charge on any atom is 0.0757 e. The monoisotopic (exact) mass is 245 g/mol. The number of nitrogens with one attached hydrogen (secondary N) is 1. The zero-order valence-electron chi connectivity index (χ0n) is 11.1. The first kappa shape index (κ1) is 12.2. The molecule has 0 aromatic heterocycles. The highest BCUT2D eigenvalue weighted by atomic mass is 16.5. The molecule has 1 aliphatic heterocycles. The van der Waals surface area contributed by atoms with Crippen molar-refractivity contribution in [3.05, 3.63) is 35.9 Å². The average Bonchev–Trinajstić information content (AvgIpc) is 3.17. The molecule has 2 heteroatoms. The van der Waals surface area contributed by atoms with E-state index in [4.69, 9.17) is 4.74 Å². The number of hydrogen-bond donors (Lipinski definition) is 1. The molecule has 1 N–H and O–H groups in total. The van der Waals surface area contributed by atoms with Crippen LogP contribution in [0.15, 0.2) is 30.3 Å². The van der Waals surface area contributed by atoms with Crippen LogP contribution in [0.25, 0.3) is 0 Å². The van der Waals surface area contributed by atoms with Crippen LogP contribution in [0.4, 0.5) is 0 Å². The molecule has 2 nitrogen and oxygen atoms in total. The summed E-state index contributed by atoms with van der Waals surface area (Å²) in [6.07, 6.45) is 5.51. The molecule has 1 aromatic rings. The van der Waals surface area contributed by atoms with Crippen LogP contribution < -0.4 is 5.32 Å². The van der Waals surface area contributed by atoms with Gasteiger partial charge in [0.1, 0.15) is 0 Å². The fourth-order valence-corrected chi connectivity index (χ4v) is 3.07. The summed E-state index contributed by atoms with van der Waals surface area (Å²) in [5, 5.41) is 3.83. The second kappa shape index (κ2) is 5.41. The van der Waals surface area contributed by atoms with E-state index in [0.29, 0.717) is 18.2 Å². The van der Waals surface area contributed by atoms with E-state index >= 15 is 0 Å². The molecule has 1 heterocycles. The first-order valence-corrected chi connectivity index (χ1v) is 7.31. The summed E-state index contributed by atoms with van der Waals surface area (Å²) in [6, 6.07) is 11.8. The van der Waals surface area contributed by atoms with Gasteiger partial charge >= 0.3 is 0 Å². The van der Waals surface area contributed by atoms with Gasteiger partial charge < -0.3 is 10.1 Å². The lowest BCUT2D eigenvalue weighted by atomic mass is 10.00. The zero-order valence-corrected chi connectivity index (χ0v) is 11.1. The number of hydrogen-bond acceptors (Lipinski definition) is 2. The maximum atomic E-state index is 5.91. The molecule has 1 aliphatic carbocycles. The third-order valence-electron chi connectivity index (χ3n) is 4.25. The Kier molecular flexibility index (Phi) is 3.67. The lowest BCUT2D eigenvalue weighted by Crippen LogP contribution is -2.39. The van der Waals surface area contributed by atoms with E-state index in [1.165, 1.54) is 24.8 Å². The first-order chi connectivity index (χ1) is 8.88. The van der Waals surface area contributed by atoms with E-state index < -0.39 is 0 Å². The minimum absolute atomic E-state index is 0.471. The first-order valence-electron chi connectivity index (χ1n) is 7.31. The quantitative estimate of drug-likeness (QED) is 0.859. The van der Waals surface area contributed by atoms with Crippen molar-refractivity contribution in [1.29, 1.82) is 0 Å². The summed E-state index contributed by atoms with van der Waals surface area (Å²) in [5.41, 5.74) is 1.40. The van der Waals surface area contributed by atoms with E-state index in [2.05, 4.69) is 42.6 Å². The molecular weight excluding hydrogens is 222 g/mol. The fourth-order valence-electron chi connectivity index (χ4n) is 3.07. The Morgan fingerprint density at radius 3 is 2.67 bits per heavy atom. The molecule has 0 spiro atoms. The Bertz CT molecular complexity index is 374. The third kappa shape index (κ3) is 2.60. The molecule has 1 saturated heterocycles. The highest BCUT2D eigenvalue weighted by Gasteiger charge is 2.41. The smallest absolute Gasteiger partial charge is 0.0757 e. The van der Waals surface area contributed by atoms with Gasteiger partial charge in [0.25, 0.3) is 0 Å². The molecule has 1 aromatic carbocycles. The van der Waals surface area contributed by atoms with Crippen molar-refractivity contribution in [3.63, 3.8) is 0 Å². The van der Waals surface area contributed by atoms with Gasteiger partial charge in [-0.2, -0.15) is 0 Å². The van der Waals surface area contributed by atoms with Crippen molar-refractivity contribution in [3.8, 4) is 0 Å². The predicted molar refractivity (Wildman–Crippen MR) is 73.5 cm³/mol. The highest BCUT2D eigenvalue weighted by Crippen LogP contribution is 2.39. The van der Waals surface area contributed by atoms with Crippen molar-refractivity contribution in [2.75, 3.05) is 6.61 Å². The van der Waals surface area contributed by atoms with E-state index in [-0.39, 0.29) is 0 Å². The van der Waals surface area contributed by atoms with Gasteiger partial charge in [-0.1, -0.05) is 37.3 Å². The molecule has 1 saturated carbocycles. The fraction of sp³-hybridized carbons (Fsp3) is 0.625. The van der Waals surface area contributed by atoms with Gasteiger partial charge in [-0.3, -0.25) is 0 Å². The number of rotatable bonds is 5. The lowest BCUT2D eigenvalue weighted by molar-refractivity contribution is 0.0787. The molecule has 2 fully saturated rings. The molecule has 0 radical (unpaired) electrons. The van der Waals surface area contributed by atoms with Crippen molar-refractivity contribution < 1.29 is 4.74 Å². The Morgan fingerprint density at radius 2 is 2.00 bits per heavy atom. The second-order valence-electron chi connectivity index (χ2n) is 5.61. The van der Waals surface area contributed by atoms with Crippen LogP contribution in [0.5, 0.6) is 0 Å². The molecule has 18 heavy (non-hydrogen) atoms. The predicted octanol–water partition coefficient (Wildman–Crippen LogP) is 3.29. The van der Waals surface area contributed by atoms with Crippen molar-refractivity contribution in [2.45, 2.75) is 50.8 Å². The molecule has 3 unspecified atom stereocenters. The van der Waals surface area contributed by atoms with Crippen LogP contribution in [-0.2, 0) is 4.74 Å². The summed E-state index contributed by atoms with van der Waals surface area (Å²) < 4.78 is 5.91. The van der Waals surface area contributed by atoms with E-state index in [9.17, 15) is 0 Å². The minimum atomic E-state index is 0.471. The standard InChI is InChI=1S/C16H23NO/c1-2-14(12-6-4-3-5-7-12)17-15-10-11-18-16(15)13-8-9-13/h3-7,13-17H,2,8-11H2,1H3. The van der Waals surface area contributed by atoms with E-state index in [1.807, 2.05) is 0 Å². The molecular formula is C16H23NO. The number of ether oxygens (including phenoxy) is 1. The average molecular weight is 245 g/mol. The zero-order chi connectivity index (χ0) is 12.4. The molecule has 0 bridgehead atoms. The summed E-state index contributed by atoms with van der Waals surface area (Å²) in [5.74, 6) is 0.832. The van der Waals surface area contributed by atoms with Crippen LogP contribution in [-0.4, -0.2) is 18.8 Å².